The molecule has 1 aromatic heterocycles. The third kappa shape index (κ3) is 2.03. The second kappa shape index (κ2) is 4.33. The van der Waals surface area contributed by atoms with Crippen molar-refractivity contribution in [2.75, 3.05) is 17.2 Å². The molecule has 102 valence electrons. The summed E-state index contributed by atoms with van der Waals surface area (Å²) < 4.78 is 5.43. The number of amides is 1. The summed E-state index contributed by atoms with van der Waals surface area (Å²) in [5.41, 5.74) is 2.89. The zero-order chi connectivity index (χ0) is 13.5. The van der Waals surface area contributed by atoms with Crippen LogP contribution < -0.4 is 10.6 Å². The van der Waals surface area contributed by atoms with E-state index in [1.165, 1.54) is 5.56 Å². The quantitative estimate of drug-likeness (QED) is 0.893. The zero-order valence-corrected chi connectivity index (χ0v) is 10.8. The second-order valence-corrected chi connectivity index (χ2v) is 5.22. The van der Waals surface area contributed by atoms with Gasteiger partial charge in [0.25, 0.3) is 5.91 Å². The van der Waals surface area contributed by atoms with Gasteiger partial charge in [0.15, 0.2) is 0 Å². The molecule has 1 aliphatic heterocycles. The smallest absolute Gasteiger partial charge is 0.322 e. The topological polar surface area (TPSA) is 80.1 Å². The van der Waals surface area contributed by atoms with E-state index in [4.69, 9.17) is 4.42 Å². The van der Waals surface area contributed by atoms with Crippen molar-refractivity contribution in [2.45, 2.75) is 25.2 Å². The maximum atomic E-state index is 12.1. The Morgan fingerprint density at radius 3 is 3.10 bits per heavy atom. The first-order valence-corrected chi connectivity index (χ1v) is 6.81. The lowest BCUT2D eigenvalue weighted by atomic mass is 10.1. The minimum Gasteiger partial charge on any atom is -0.408 e. The zero-order valence-electron chi connectivity index (χ0n) is 10.8. The maximum Gasteiger partial charge on any atom is 0.322 e. The van der Waals surface area contributed by atoms with E-state index in [0.717, 1.165) is 31.5 Å². The molecule has 0 spiro atoms. The first kappa shape index (κ1) is 11.5. The number of anilines is 2. The van der Waals surface area contributed by atoms with Crippen molar-refractivity contribution in [3.8, 4) is 0 Å². The van der Waals surface area contributed by atoms with E-state index in [9.17, 15) is 4.79 Å². The van der Waals surface area contributed by atoms with E-state index in [-0.39, 0.29) is 11.9 Å². The molecule has 1 amide bonds. The minimum atomic E-state index is -0.217. The van der Waals surface area contributed by atoms with E-state index in [2.05, 4.69) is 20.8 Å². The summed E-state index contributed by atoms with van der Waals surface area (Å²) in [6.07, 6.45) is 3.13. The number of carbonyl (C=O) groups excluding carboxylic acids is 1. The molecule has 1 saturated carbocycles. The van der Waals surface area contributed by atoms with Crippen molar-refractivity contribution in [3.05, 3.63) is 35.2 Å². The first-order chi connectivity index (χ1) is 9.79. The number of benzene rings is 1. The molecule has 2 N–H and O–H groups in total. The van der Waals surface area contributed by atoms with E-state index in [0.29, 0.717) is 17.4 Å². The van der Waals surface area contributed by atoms with Crippen LogP contribution in [-0.4, -0.2) is 22.6 Å². The van der Waals surface area contributed by atoms with E-state index in [1.807, 2.05) is 12.1 Å². The largest absolute Gasteiger partial charge is 0.408 e. The van der Waals surface area contributed by atoms with Crippen LogP contribution in [0.4, 0.5) is 11.7 Å². The number of carbonyl (C=O) groups is 1. The number of rotatable bonds is 3. The highest BCUT2D eigenvalue weighted by atomic mass is 16.4. The summed E-state index contributed by atoms with van der Waals surface area (Å²) in [4.78, 5) is 12.1. The van der Waals surface area contributed by atoms with Crippen LogP contribution in [-0.2, 0) is 6.42 Å². The van der Waals surface area contributed by atoms with Crippen LogP contribution in [0, 0.1) is 0 Å². The molecule has 2 aliphatic rings. The summed E-state index contributed by atoms with van der Waals surface area (Å²) in [6, 6.07) is 5.81. The summed E-state index contributed by atoms with van der Waals surface area (Å²) in [6.45, 7) is 0.925. The Kier molecular flexibility index (Phi) is 2.48. The standard InChI is InChI=1S/C14H14N4O2/c19-12(10-3-4-11-9(7-10)5-6-15-11)16-14-18-17-13(20-14)8-1-2-8/h3-4,7-8,15H,1-2,5-6H2,(H,16,18,19). The normalized spacial score (nSPS) is 16.6. The Morgan fingerprint density at radius 1 is 1.35 bits per heavy atom. The third-order valence-corrected chi connectivity index (χ3v) is 3.66. The third-order valence-electron chi connectivity index (χ3n) is 3.66. The monoisotopic (exact) mass is 270 g/mol. The minimum absolute atomic E-state index is 0.176. The molecule has 20 heavy (non-hydrogen) atoms. The van der Waals surface area contributed by atoms with Gasteiger partial charge in [0.05, 0.1) is 0 Å². The lowest BCUT2D eigenvalue weighted by molar-refractivity contribution is 0.102. The van der Waals surface area contributed by atoms with Gasteiger partial charge in [-0.2, -0.15) is 0 Å². The Hall–Kier alpha value is -2.37. The summed E-state index contributed by atoms with van der Waals surface area (Å²) in [5, 5.41) is 13.7. The van der Waals surface area contributed by atoms with Gasteiger partial charge in [0.1, 0.15) is 0 Å². The van der Waals surface area contributed by atoms with Crippen molar-refractivity contribution in [1.82, 2.24) is 10.2 Å². The van der Waals surface area contributed by atoms with Crippen molar-refractivity contribution >= 4 is 17.6 Å². The van der Waals surface area contributed by atoms with Gasteiger partial charge in [-0.25, -0.2) is 0 Å². The van der Waals surface area contributed by atoms with Gasteiger partial charge in [-0.05, 0) is 43.0 Å². The summed E-state index contributed by atoms with van der Waals surface area (Å²) in [5.74, 6) is 0.795. The molecule has 0 saturated heterocycles. The van der Waals surface area contributed by atoms with Crippen LogP contribution in [0.15, 0.2) is 22.6 Å². The van der Waals surface area contributed by atoms with Crippen LogP contribution in [0.3, 0.4) is 0 Å². The van der Waals surface area contributed by atoms with Crippen LogP contribution >= 0.6 is 0 Å². The second-order valence-electron chi connectivity index (χ2n) is 5.22. The number of nitrogens with one attached hydrogen (secondary N) is 2. The first-order valence-electron chi connectivity index (χ1n) is 6.81. The van der Waals surface area contributed by atoms with Gasteiger partial charge in [-0.3, -0.25) is 10.1 Å². The molecular weight excluding hydrogens is 256 g/mol. The highest BCUT2D eigenvalue weighted by molar-refractivity contribution is 6.03. The van der Waals surface area contributed by atoms with Crippen LogP contribution in [0.2, 0.25) is 0 Å². The van der Waals surface area contributed by atoms with Crippen molar-refractivity contribution < 1.29 is 9.21 Å². The summed E-state index contributed by atoms with van der Waals surface area (Å²) in [7, 11) is 0. The molecule has 1 aromatic carbocycles. The van der Waals surface area contributed by atoms with E-state index < -0.39 is 0 Å². The van der Waals surface area contributed by atoms with Gasteiger partial charge in [-0.15, -0.1) is 5.10 Å². The molecule has 0 atom stereocenters. The molecule has 2 aromatic rings. The predicted molar refractivity (Wildman–Crippen MR) is 72.9 cm³/mol. The van der Waals surface area contributed by atoms with Gasteiger partial charge in [-0.1, -0.05) is 5.10 Å². The number of fused-ring (bicyclic) bond motifs is 1. The molecule has 4 rings (SSSR count). The predicted octanol–water partition coefficient (Wildman–Crippen LogP) is 2.17. The van der Waals surface area contributed by atoms with Gasteiger partial charge < -0.3 is 9.73 Å². The van der Waals surface area contributed by atoms with E-state index in [1.54, 1.807) is 6.07 Å². The molecular formula is C14H14N4O2. The highest BCUT2D eigenvalue weighted by Crippen LogP contribution is 2.39. The maximum absolute atomic E-state index is 12.1. The Balaban J connectivity index is 1.51. The van der Waals surface area contributed by atoms with E-state index >= 15 is 0 Å². The SMILES string of the molecule is O=C(Nc1nnc(C2CC2)o1)c1ccc2c(c1)CCN2. The molecule has 1 fully saturated rings. The highest BCUT2D eigenvalue weighted by Gasteiger charge is 2.29. The molecule has 0 bridgehead atoms. The lowest BCUT2D eigenvalue weighted by Gasteiger charge is -2.03. The van der Waals surface area contributed by atoms with Gasteiger partial charge in [0, 0.05) is 23.7 Å². The van der Waals surface area contributed by atoms with Gasteiger partial charge >= 0.3 is 6.01 Å². The van der Waals surface area contributed by atoms with Gasteiger partial charge in [0.2, 0.25) is 5.89 Å². The van der Waals surface area contributed by atoms with Crippen molar-refractivity contribution in [2.24, 2.45) is 0 Å². The van der Waals surface area contributed by atoms with Crippen molar-refractivity contribution in [3.63, 3.8) is 0 Å². The van der Waals surface area contributed by atoms with Crippen molar-refractivity contribution in [1.29, 1.82) is 0 Å². The van der Waals surface area contributed by atoms with Crippen LogP contribution in [0.5, 0.6) is 0 Å². The molecule has 0 radical (unpaired) electrons. The fraction of sp³-hybridized carbons (Fsp3) is 0.357. The summed E-state index contributed by atoms with van der Waals surface area (Å²) >= 11 is 0. The number of aromatic nitrogens is 2. The average molecular weight is 270 g/mol. The number of nitrogens with zero attached hydrogens (tertiary/aromatic N) is 2. The van der Waals surface area contributed by atoms with Crippen LogP contribution in [0.1, 0.15) is 40.6 Å². The molecule has 2 heterocycles. The molecule has 1 aliphatic carbocycles. The fourth-order valence-corrected chi connectivity index (χ4v) is 2.40. The number of hydrogen-bond acceptors (Lipinski definition) is 5. The molecule has 0 unspecified atom stereocenters. The number of hydrogen-bond donors (Lipinski definition) is 2. The Labute approximate surface area is 115 Å². The lowest BCUT2D eigenvalue weighted by Crippen LogP contribution is -2.12. The Morgan fingerprint density at radius 2 is 2.25 bits per heavy atom. The Bertz CT molecular complexity index is 676. The molecule has 6 nitrogen and oxygen atoms in total. The average Bonchev–Trinajstić information content (AvgIpc) is 3.02. The fourth-order valence-electron chi connectivity index (χ4n) is 2.40. The molecule has 6 heteroatoms. The van der Waals surface area contributed by atoms with Crippen LogP contribution in [0.25, 0.3) is 0 Å².